The SMILES string of the molecule is NCc1ccc(-c2ccc(OCCC(N)=O)cc2)cc1. The first-order valence-electron chi connectivity index (χ1n) is 6.49. The van der Waals surface area contributed by atoms with E-state index >= 15 is 0 Å². The van der Waals surface area contributed by atoms with Crippen LogP contribution >= 0.6 is 0 Å². The normalized spacial score (nSPS) is 10.2. The lowest BCUT2D eigenvalue weighted by Gasteiger charge is -2.07. The average molecular weight is 270 g/mol. The lowest BCUT2D eigenvalue weighted by molar-refractivity contribution is -0.118. The zero-order chi connectivity index (χ0) is 14.4. The Bertz CT molecular complexity index is 562. The molecule has 0 aliphatic rings. The standard InChI is InChI=1S/C16H18N2O2/c17-11-12-1-3-13(4-2-12)14-5-7-15(8-6-14)20-10-9-16(18)19/h1-8H,9-11,17H2,(H2,18,19). The molecule has 0 saturated heterocycles. The summed E-state index contributed by atoms with van der Waals surface area (Å²) in [5.41, 5.74) is 14.0. The van der Waals surface area contributed by atoms with Crippen molar-refractivity contribution in [2.24, 2.45) is 11.5 Å². The fourth-order valence-electron chi connectivity index (χ4n) is 1.85. The van der Waals surface area contributed by atoms with E-state index in [9.17, 15) is 4.79 Å². The van der Waals surface area contributed by atoms with Crippen molar-refractivity contribution in [1.29, 1.82) is 0 Å². The molecule has 4 heteroatoms. The molecule has 0 bridgehead atoms. The number of benzene rings is 2. The van der Waals surface area contributed by atoms with E-state index < -0.39 is 0 Å². The predicted octanol–water partition coefficient (Wildman–Crippen LogP) is 2.07. The maximum Gasteiger partial charge on any atom is 0.220 e. The Kier molecular flexibility index (Phi) is 4.74. The number of hydrogen-bond donors (Lipinski definition) is 2. The highest BCUT2D eigenvalue weighted by molar-refractivity contribution is 5.73. The van der Waals surface area contributed by atoms with E-state index in [-0.39, 0.29) is 12.3 Å². The second-order valence-corrected chi connectivity index (χ2v) is 4.49. The van der Waals surface area contributed by atoms with Crippen LogP contribution in [0.25, 0.3) is 11.1 Å². The summed E-state index contributed by atoms with van der Waals surface area (Å²) < 4.78 is 5.43. The third-order valence-electron chi connectivity index (χ3n) is 2.99. The molecule has 104 valence electrons. The lowest BCUT2D eigenvalue weighted by atomic mass is 10.0. The Labute approximate surface area is 118 Å². The predicted molar refractivity (Wildman–Crippen MR) is 79.1 cm³/mol. The molecule has 0 spiro atoms. The van der Waals surface area contributed by atoms with Crippen LogP contribution in [0.4, 0.5) is 0 Å². The van der Waals surface area contributed by atoms with Crippen molar-refractivity contribution in [3.63, 3.8) is 0 Å². The van der Waals surface area contributed by atoms with Crippen LogP contribution < -0.4 is 16.2 Å². The molecule has 2 aromatic carbocycles. The molecule has 0 saturated carbocycles. The molecule has 4 N–H and O–H groups in total. The van der Waals surface area contributed by atoms with Gasteiger partial charge < -0.3 is 16.2 Å². The van der Waals surface area contributed by atoms with Gasteiger partial charge in [0.25, 0.3) is 0 Å². The maximum absolute atomic E-state index is 10.6. The molecule has 0 aliphatic heterocycles. The van der Waals surface area contributed by atoms with Gasteiger partial charge in [0.05, 0.1) is 13.0 Å². The van der Waals surface area contributed by atoms with Crippen LogP contribution in [0.1, 0.15) is 12.0 Å². The molecule has 20 heavy (non-hydrogen) atoms. The van der Waals surface area contributed by atoms with Gasteiger partial charge in [0.2, 0.25) is 5.91 Å². The molecule has 0 fully saturated rings. The van der Waals surface area contributed by atoms with Crippen molar-refractivity contribution < 1.29 is 9.53 Å². The molecule has 2 rings (SSSR count). The van der Waals surface area contributed by atoms with Crippen LogP contribution in [0.15, 0.2) is 48.5 Å². The highest BCUT2D eigenvalue weighted by atomic mass is 16.5. The monoisotopic (exact) mass is 270 g/mol. The maximum atomic E-state index is 10.6. The van der Waals surface area contributed by atoms with E-state index in [4.69, 9.17) is 16.2 Å². The first kappa shape index (κ1) is 14.1. The molecule has 1 amide bonds. The van der Waals surface area contributed by atoms with E-state index in [0.29, 0.717) is 13.2 Å². The number of hydrogen-bond acceptors (Lipinski definition) is 3. The number of ether oxygens (including phenoxy) is 1. The zero-order valence-corrected chi connectivity index (χ0v) is 11.2. The summed E-state index contributed by atoms with van der Waals surface area (Å²) in [7, 11) is 0. The Morgan fingerprint density at radius 2 is 1.50 bits per heavy atom. The minimum atomic E-state index is -0.360. The molecule has 0 aliphatic carbocycles. The van der Waals surface area contributed by atoms with Crippen LogP contribution in [-0.4, -0.2) is 12.5 Å². The number of nitrogens with two attached hydrogens (primary N) is 2. The second kappa shape index (κ2) is 6.73. The third kappa shape index (κ3) is 3.83. The molecule has 2 aromatic rings. The minimum Gasteiger partial charge on any atom is -0.493 e. The largest absolute Gasteiger partial charge is 0.493 e. The summed E-state index contributed by atoms with van der Waals surface area (Å²) in [5, 5.41) is 0. The van der Waals surface area contributed by atoms with Crippen LogP contribution in [0.2, 0.25) is 0 Å². The number of primary amides is 1. The van der Waals surface area contributed by atoms with Crippen molar-refractivity contribution in [1.82, 2.24) is 0 Å². The van der Waals surface area contributed by atoms with Crippen LogP contribution in [0.5, 0.6) is 5.75 Å². The first-order valence-corrected chi connectivity index (χ1v) is 6.49. The van der Waals surface area contributed by atoms with Crippen LogP contribution in [-0.2, 0) is 11.3 Å². The molecular weight excluding hydrogens is 252 g/mol. The van der Waals surface area contributed by atoms with Crippen molar-refractivity contribution >= 4 is 5.91 Å². The second-order valence-electron chi connectivity index (χ2n) is 4.49. The van der Waals surface area contributed by atoms with Gasteiger partial charge in [-0.25, -0.2) is 0 Å². The Morgan fingerprint density at radius 1 is 0.950 bits per heavy atom. The number of rotatable bonds is 6. The molecule has 0 unspecified atom stereocenters. The van der Waals surface area contributed by atoms with Crippen molar-refractivity contribution in [3.05, 3.63) is 54.1 Å². The highest BCUT2D eigenvalue weighted by Crippen LogP contribution is 2.22. The quantitative estimate of drug-likeness (QED) is 0.843. The number of carbonyl (C=O) groups excluding carboxylic acids is 1. The van der Waals surface area contributed by atoms with Crippen LogP contribution in [0, 0.1) is 0 Å². The van der Waals surface area contributed by atoms with Crippen molar-refractivity contribution in [2.45, 2.75) is 13.0 Å². The van der Waals surface area contributed by atoms with E-state index in [2.05, 4.69) is 0 Å². The molecular formula is C16H18N2O2. The molecule has 0 aromatic heterocycles. The summed E-state index contributed by atoms with van der Waals surface area (Å²) in [6.45, 7) is 0.854. The lowest BCUT2D eigenvalue weighted by Crippen LogP contribution is -2.14. The summed E-state index contributed by atoms with van der Waals surface area (Å²) in [6, 6.07) is 15.9. The van der Waals surface area contributed by atoms with Gasteiger partial charge in [0.15, 0.2) is 0 Å². The molecule has 4 nitrogen and oxygen atoms in total. The smallest absolute Gasteiger partial charge is 0.220 e. The first-order chi connectivity index (χ1) is 9.69. The average Bonchev–Trinajstić information content (AvgIpc) is 2.48. The van der Waals surface area contributed by atoms with Gasteiger partial charge in [0, 0.05) is 6.54 Å². The van der Waals surface area contributed by atoms with Crippen molar-refractivity contribution in [2.75, 3.05) is 6.61 Å². The Balaban J connectivity index is 2.01. The van der Waals surface area contributed by atoms with E-state index in [1.54, 1.807) is 0 Å². The topological polar surface area (TPSA) is 78.3 Å². The summed E-state index contributed by atoms with van der Waals surface area (Å²) >= 11 is 0. The van der Waals surface area contributed by atoms with E-state index in [1.807, 2.05) is 48.5 Å². The van der Waals surface area contributed by atoms with Gasteiger partial charge >= 0.3 is 0 Å². The van der Waals surface area contributed by atoms with Crippen LogP contribution in [0.3, 0.4) is 0 Å². The van der Waals surface area contributed by atoms with E-state index in [0.717, 1.165) is 22.4 Å². The van der Waals surface area contributed by atoms with Crippen molar-refractivity contribution in [3.8, 4) is 16.9 Å². The third-order valence-corrected chi connectivity index (χ3v) is 2.99. The fourth-order valence-corrected chi connectivity index (χ4v) is 1.85. The highest BCUT2D eigenvalue weighted by Gasteiger charge is 2.00. The molecule has 0 heterocycles. The van der Waals surface area contributed by atoms with E-state index in [1.165, 1.54) is 0 Å². The molecule has 0 radical (unpaired) electrons. The Hall–Kier alpha value is -2.33. The van der Waals surface area contributed by atoms with Gasteiger partial charge in [0.1, 0.15) is 5.75 Å². The minimum absolute atomic E-state index is 0.225. The van der Waals surface area contributed by atoms with Gasteiger partial charge in [-0.05, 0) is 28.8 Å². The zero-order valence-electron chi connectivity index (χ0n) is 11.2. The fraction of sp³-hybridized carbons (Fsp3) is 0.188. The summed E-state index contributed by atoms with van der Waals surface area (Å²) in [4.78, 5) is 10.6. The summed E-state index contributed by atoms with van der Waals surface area (Å²) in [6.07, 6.45) is 0.225. The van der Waals surface area contributed by atoms with Gasteiger partial charge in [-0.1, -0.05) is 36.4 Å². The summed E-state index contributed by atoms with van der Waals surface area (Å²) in [5.74, 6) is 0.371. The van der Waals surface area contributed by atoms with Gasteiger partial charge in [-0.3, -0.25) is 4.79 Å². The molecule has 0 atom stereocenters. The Morgan fingerprint density at radius 3 is 2.00 bits per heavy atom. The van der Waals surface area contributed by atoms with Gasteiger partial charge in [-0.15, -0.1) is 0 Å². The number of carbonyl (C=O) groups is 1. The number of amides is 1. The van der Waals surface area contributed by atoms with Gasteiger partial charge in [-0.2, -0.15) is 0 Å².